The zero-order chi connectivity index (χ0) is 21.3. The Balaban J connectivity index is 1.45. The molecule has 4 rings (SSSR count). The maximum Gasteiger partial charge on any atom is 0.281 e. The Morgan fingerprint density at radius 3 is 2.67 bits per heavy atom. The minimum absolute atomic E-state index is 0.295. The van der Waals surface area contributed by atoms with Crippen LogP contribution in [0.5, 0.6) is 5.75 Å². The predicted octanol–water partition coefficient (Wildman–Crippen LogP) is 4.54. The van der Waals surface area contributed by atoms with Crippen LogP contribution in [0.3, 0.4) is 0 Å². The number of hydrogen-bond acceptors (Lipinski definition) is 5. The second kappa shape index (κ2) is 8.30. The van der Waals surface area contributed by atoms with Crippen LogP contribution in [0.4, 0.5) is 0 Å². The molecule has 0 aliphatic rings. The highest BCUT2D eigenvalue weighted by molar-refractivity contribution is 7.18. The van der Waals surface area contributed by atoms with Crippen LogP contribution < -0.4 is 15.7 Å². The summed E-state index contributed by atoms with van der Waals surface area (Å²) >= 11 is 7.77. The van der Waals surface area contributed by atoms with Crippen LogP contribution >= 0.6 is 22.9 Å². The number of benzene rings is 2. The van der Waals surface area contributed by atoms with Crippen molar-refractivity contribution >= 4 is 39.1 Å². The van der Waals surface area contributed by atoms with E-state index in [4.69, 9.17) is 16.3 Å². The Labute approximate surface area is 181 Å². The van der Waals surface area contributed by atoms with Crippen molar-refractivity contribution in [3.05, 3.63) is 80.7 Å². The van der Waals surface area contributed by atoms with Gasteiger partial charge < -0.3 is 4.74 Å². The van der Waals surface area contributed by atoms with Crippen molar-refractivity contribution in [1.29, 1.82) is 0 Å². The molecule has 0 aliphatic carbocycles. The minimum atomic E-state index is -0.494. The standard InChI is InChI=1S/C22H18ClN3O3S/c1-13-14(2)30-21-20(13)22(28)26(12-24-21)25-19(27)11-29-18-9-8-16(10-17(18)23)15-6-4-3-5-7-15/h3-10,12H,11H2,1-2H3,(H,25,27). The molecule has 1 N–H and O–H groups in total. The monoisotopic (exact) mass is 439 g/mol. The van der Waals surface area contributed by atoms with Crippen molar-refractivity contribution in [2.24, 2.45) is 0 Å². The first kappa shape index (κ1) is 20.1. The summed E-state index contributed by atoms with van der Waals surface area (Å²) in [4.78, 5) is 30.9. The maximum atomic E-state index is 12.7. The molecule has 0 saturated carbocycles. The van der Waals surface area contributed by atoms with E-state index >= 15 is 0 Å². The summed E-state index contributed by atoms with van der Waals surface area (Å²) in [6, 6.07) is 15.2. The average molecular weight is 440 g/mol. The van der Waals surface area contributed by atoms with E-state index in [9.17, 15) is 9.59 Å². The van der Waals surface area contributed by atoms with E-state index in [1.54, 1.807) is 12.1 Å². The van der Waals surface area contributed by atoms with Gasteiger partial charge in [-0.15, -0.1) is 11.3 Å². The second-order valence-electron chi connectivity index (χ2n) is 6.72. The van der Waals surface area contributed by atoms with Gasteiger partial charge in [0.25, 0.3) is 11.5 Å². The first-order valence-corrected chi connectivity index (χ1v) is 10.4. The molecular formula is C22H18ClN3O3S. The van der Waals surface area contributed by atoms with E-state index in [1.807, 2.05) is 50.2 Å². The summed E-state index contributed by atoms with van der Waals surface area (Å²) in [5.74, 6) is -0.109. The van der Waals surface area contributed by atoms with Gasteiger partial charge in [-0.2, -0.15) is 0 Å². The molecule has 0 fully saturated rings. The van der Waals surface area contributed by atoms with Crippen molar-refractivity contribution in [3.8, 4) is 16.9 Å². The molecule has 0 bridgehead atoms. The van der Waals surface area contributed by atoms with Gasteiger partial charge >= 0.3 is 0 Å². The highest BCUT2D eigenvalue weighted by Gasteiger charge is 2.14. The van der Waals surface area contributed by atoms with E-state index in [2.05, 4.69) is 10.4 Å². The Morgan fingerprint density at radius 1 is 1.17 bits per heavy atom. The van der Waals surface area contributed by atoms with Crippen LogP contribution in [0.15, 0.2) is 59.7 Å². The number of rotatable bonds is 5. The van der Waals surface area contributed by atoms with Gasteiger partial charge in [-0.25, -0.2) is 9.66 Å². The number of nitrogens with one attached hydrogen (secondary N) is 1. The summed E-state index contributed by atoms with van der Waals surface area (Å²) in [7, 11) is 0. The summed E-state index contributed by atoms with van der Waals surface area (Å²) < 4.78 is 6.62. The number of aryl methyl sites for hydroxylation is 2. The molecule has 6 nitrogen and oxygen atoms in total. The lowest BCUT2D eigenvalue weighted by molar-refractivity contribution is -0.119. The van der Waals surface area contributed by atoms with E-state index in [0.29, 0.717) is 21.0 Å². The van der Waals surface area contributed by atoms with Crippen molar-refractivity contribution < 1.29 is 9.53 Å². The molecule has 4 aromatic rings. The van der Waals surface area contributed by atoms with Gasteiger partial charge in [0, 0.05) is 4.88 Å². The van der Waals surface area contributed by atoms with E-state index in [0.717, 1.165) is 26.2 Å². The van der Waals surface area contributed by atoms with Crippen LogP contribution in [0.25, 0.3) is 21.3 Å². The molecule has 152 valence electrons. The normalized spacial score (nSPS) is 10.9. The largest absolute Gasteiger partial charge is 0.482 e. The van der Waals surface area contributed by atoms with Gasteiger partial charge in [0.1, 0.15) is 16.9 Å². The molecule has 2 heterocycles. The molecule has 0 unspecified atom stereocenters. The third kappa shape index (κ3) is 3.94. The zero-order valence-electron chi connectivity index (χ0n) is 16.3. The Kier molecular flexibility index (Phi) is 5.57. The van der Waals surface area contributed by atoms with Crippen molar-refractivity contribution in [2.75, 3.05) is 12.0 Å². The lowest BCUT2D eigenvalue weighted by atomic mass is 10.1. The first-order valence-electron chi connectivity index (χ1n) is 9.19. The average Bonchev–Trinajstić information content (AvgIpc) is 3.04. The molecule has 2 aromatic carbocycles. The summed E-state index contributed by atoms with van der Waals surface area (Å²) in [6.07, 6.45) is 1.31. The molecule has 0 spiro atoms. The molecule has 0 saturated heterocycles. The van der Waals surface area contributed by atoms with Crippen LogP contribution in [0.1, 0.15) is 10.4 Å². The van der Waals surface area contributed by atoms with Crippen LogP contribution in [0, 0.1) is 13.8 Å². The SMILES string of the molecule is Cc1sc2ncn(NC(=O)COc3ccc(-c4ccccc4)cc3Cl)c(=O)c2c1C. The van der Waals surface area contributed by atoms with Gasteiger partial charge in [0.05, 0.1) is 10.4 Å². The first-order chi connectivity index (χ1) is 14.4. The van der Waals surface area contributed by atoms with Gasteiger partial charge in [0.2, 0.25) is 0 Å². The van der Waals surface area contributed by atoms with Gasteiger partial charge in [0.15, 0.2) is 6.61 Å². The third-order valence-electron chi connectivity index (χ3n) is 4.73. The Bertz CT molecular complexity index is 1300. The molecule has 0 aliphatic heterocycles. The van der Waals surface area contributed by atoms with E-state index in [-0.39, 0.29) is 12.2 Å². The smallest absolute Gasteiger partial charge is 0.281 e. The van der Waals surface area contributed by atoms with Crippen molar-refractivity contribution in [2.45, 2.75) is 13.8 Å². The van der Waals surface area contributed by atoms with Gasteiger partial charge in [-0.1, -0.05) is 48.0 Å². The zero-order valence-corrected chi connectivity index (χ0v) is 17.9. The summed E-state index contributed by atoms with van der Waals surface area (Å²) in [5, 5.41) is 0.912. The van der Waals surface area contributed by atoms with Crippen LogP contribution in [-0.4, -0.2) is 22.2 Å². The fraction of sp³-hybridized carbons (Fsp3) is 0.136. The highest BCUT2D eigenvalue weighted by atomic mass is 35.5. The number of halogens is 1. The van der Waals surface area contributed by atoms with Crippen LogP contribution in [0.2, 0.25) is 5.02 Å². The predicted molar refractivity (Wildman–Crippen MR) is 120 cm³/mol. The van der Waals surface area contributed by atoms with E-state index in [1.165, 1.54) is 17.7 Å². The third-order valence-corrected chi connectivity index (χ3v) is 6.14. The minimum Gasteiger partial charge on any atom is -0.482 e. The molecule has 30 heavy (non-hydrogen) atoms. The number of carbonyl (C=O) groups is 1. The number of carbonyl (C=O) groups excluding carboxylic acids is 1. The van der Waals surface area contributed by atoms with E-state index < -0.39 is 5.91 Å². The maximum absolute atomic E-state index is 12.7. The quantitative estimate of drug-likeness (QED) is 0.495. The number of aromatic nitrogens is 2. The Morgan fingerprint density at radius 2 is 1.93 bits per heavy atom. The highest BCUT2D eigenvalue weighted by Crippen LogP contribution is 2.30. The van der Waals surface area contributed by atoms with Gasteiger partial charge in [-0.3, -0.25) is 15.0 Å². The molecule has 8 heteroatoms. The second-order valence-corrected chi connectivity index (χ2v) is 8.33. The summed E-state index contributed by atoms with van der Waals surface area (Å²) in [5.41, 5.74) is 5.04. The van der Waals surface area contributed by atoms with Gasteiger partial charge in [-0.05, 0) is 42.7 Å². The Hall–Kier alpha value is -3.16. The molecule has 1 amide bonds. The number of nitrogens with zero attached hydrogens (tertiary/aromatic N) is 2. The number of fused-ring (bicyclic) bond motifs is 1. The fourth-order valence-electron chi connectivity index (χ4n) is 3.05. The van der Waals surface area contributed by atoms with Crippen molar-refractivity contribution in [3.63, 3.8) is 0 Å². The lowest BCUT2D eigenvalue weighted by Gasteiger charge is -2.11. The fourth-order valence-corrected chi connectivity index (χ4v) is 4.28. The molecular weight excluding hydrogens is 422 g/mol. The number of thiophene rings is 1. The molecule has 0 radical (unpaired) electrons. The number of ether oxygens (including phenoxy) is 1. The lowest BCUT2D eigenvalue weighted by Crippen LogP contribution is -2.35. The molecule has 2 aromatic heterocycles. The number of amides is 1. The number of hydrogen-bond donors (Lipinski definition) is 1. The molecule has 0 atom stereocenters. The van der Waals surface area contributed by atoms with Crippen LogP contribution in [-0.2, 0) is 4.79 Å². The van der Waals surface area contributed by atoms with Crippen molar-refractivity contribution in [1.82, 2.24) is 9.66 Å². The topological polar surface area (TPSA) is 73.2 Å². The summed E-state index contributed by atoms with van der Waals surface area (Å²) in [6.45, 7) is 3.51.